The van der Waals surface area contributed by atoms with Gasteiger partial charge in [0.05, 0.1) is 11.6 Å². The van der Waals surface area contributed by atoms with Crippen molar-refractivity contribution in [2.45, 2.75) is 45.6 Å². The van der Waals surface area contributed by atoms with Crippen molar-refractivity contribution >= 4 is 17.4 Å². The van der Waals surface area contributed by atoms with Gasteiger partial charge in [-0.25, -0.2) is 0 Å². The van der Waals surface area contributed by atoms with Crippen molar-refractivity contribution in [3.05, 3.63) is 76.9 Å². The van der Waals surface area contributed by atoms with Crippen LogP contribution in [-0.2, 0) is 9.59 Å². The Kier molecular flexibility index (Phi) is 6.30. The summed E-state index contributed by atoms with van der Waals surface area (Å²) in [5.74, 6) is -1.25. The van der Waals surface area contributed by atoms with E-state index in [0.717, 1.165) is 36.8 Å². The van der Waals surface area contributed by atoms with E-state index in [1.54, 1.807) is 17.0 Å². The van der Waals surface area contributed by atoms with Crippen molar-refractivity contribution in [1.29, 1.82) is 0 Å². The van der Waals surface area contributed by atoms with Crippen LogP contribution in [0.15, 0.2) is 60.2 Å². The van der Waals surface area contributed by atoms with Gasteiger partial charge >= 0.3 is 0 Å². The van der Waals surface area contributed by atoms with Crippen LogP contribution in [-0.4, -0.2) is 28.2 Å². The van der Waals surface area contributed by atoms with E-state index in [2.05, 4.69) is 6.92 Å². The van der Waals surface area contributed by atoms with Crippen molar-refractivity contribution in [3.63, 3.8) is 0 Å². The van der Waals surface area contributed by atoms with Gasteiger partial charge in [-0.15, -0.1) is 0 Å². The maximum absolute atomic E-state index is 12.9. The average Bonchev–Trinajstić information content (AvgIpc) is 2.97. The molecule has 3 rings (SSSR count). The van der Waals surface area contributed by atoms with Crippen LogP contribution in [0.1, 0.15) is 55.3 Å². The molecule has 4 heteroatoms. The summed E-state index contributed by atoms with van der Waals surface area (Å²) in [4.78, 5) is 27.3. The number of aliphatic hydroxyl groups is 1. The Labute approximate surface area is 166 Å². The molecule has 1 aliphatic rings. The van der Waals surface area contributed by atoms with E-state index in [9.17, 15) is 14.7 Å². The number of hydrogen-bond donors (Lipinski definition) is 1. The van der Waals surface area contributed by atoms with Crippen LogP contribution in [0.2, 0.25) is 0 Å². The van der Waals surface area contributed by atoms with Gasteiger partial charge in [0.2, 0.25) is 0 Å². The predicted molar refractivity (Wildman–Crippen MR) is 111 cm³/mol. The number of benzene rings is 2. The van der Waals surface area contributed by atoms with Gasteiger partial charge in [0.25, 0.3) is 11.7 Å². The summed E-state index contributed by atoms with van der Waals surface area (Å²) in [6, 6.07) is 16.2. The van der Waals surface area contributed by atoms with Crippen LogP contribution in [0.4, 0.5) is 0 Å². The van der Waals surface area contributed by atoms with E-state index in [1.165, 1.54) is 0 Å². The Morgan fingerprint density at radius 1 is 0.964 bits per heavy atom. The van der Waals surface area contributed by atoms with Gasteiger partial charge in [0.1, 0.15) is 5.76 Å². The summed E-state index contributed by atoms with van der Waals surface area (Å²) < 4.78 is 0. The number of hydrogen-bond acceptors (Lipinski definition) is 3. The highest BCUT2D eigenvalue weighted by atomic mass is 16.3. The molecule has 1 N–H and O–H groups in total. The van der Waals surface area contributed by atoms with Crippen LogP contribution >= 0.6 is 0 Å². The van der Waals surface area contributed by atoms with E-state index >= 15 is 0 Å². The fourth-order valence-electron chi connectivity index (χ4n) is 3.67. The van der Waals surface area contributed by atoms with Gasteiger partial charge in [0.15, 0.2) is 0 Å². The number of Topliss-reactive ketones (excluding diaryl/α,β-unsaturated/α-hetero) is 1. The fraction of sp³-hybridized carbons (Fsp3) is 0.333. The third-order valence-corrected chi connectivity index (χ3v) is 5.23. The first-order valence-electron chi connectivity index (χ1n) is 9.95. The number of aliphatic hydroxyl groups excluding tert-OH is 1. The monoisotopic (exact) mass is 377 g/mol. The number of carbonyl (C=O) groups excluding carboxylic acids is 2. The third kappa shape index (κ3) is 4.01. The molecular formula is C24H27NO3. The fourth-order valence-corrected chi connectivity index (χ4v) is 3.67. The number of ketones is 1. The largest absolute Gasteiger partial charge is 0.507 e. The molecule has 2 aromatic rings. The number of amides is 1. The number of aryl methyl sites for hydroxylation is 1. The Morgan fingerprint density at radius 3 is 2.29 bits per heavy atom. The second kappa shape index (κ2) is 8.87. The van der Waals surface area contributed by atoms with Gasteiger partial charge in [-0.1, -0.05) is 86.3 Å². The molecular weight excluding hydrogens is 350 g/mol. The zero-order chi connectivity index (χ0) is 20.1. The zero-order valence-corrected chi connectivity index (χ0v) is 16.5. The van der Waals surface area contributed by atoms with Crippen molar-refractivity contribution in [2.24, 2.45) is 0 Å². The number of rotatable bonds is 7. The SMILES string of the molecule is CCCCCCN1C(=O)C(=O)/C(=C(/O)c2ccc(C)cc2)[C@H]1c1ccccc1. The number of carbonyl (C=O) groups is 2. The topological polar surface area (TPSA) is 57.6 Å². The zero-order valence-electron chi connectivity index (χ0n) is 16.5. The first kappa shape index (κ1) is 19.9. The van der Waals surface area contributed by atoms with Gasteiger partial charge in [-0.3, -0.25) is 9.59 Å². The van der Waals surface area contributed by atoms with E-state index in [1.807, 2.05) is 49.4 Å². The lowest BCUT2D eigenvalue weighted by atomic mass is 9.95. The van der Waals surface area contributed by atoms with Gasteiger partial charge in [-0.05, 0) is 18.9 Å². The maximum Gasteiger partial charge on any atom is 0.295 e. The molecule has 0 spiro atoms. The molecule has 1 saturated heterocycles. The Hall–Kier alpha value is -2.88. The van der Waals surface area contributed by atoms with Crippen molar-refractivity contribution in [1.82, 2.24) is 4.90 Å². The lowest BCUT2D eigenvalue weighted by Crippen LogP contribution is -2.30. The molecule has 1 amide bonds. The minimum Gasteiger partial charge on any atom is -0.507 e. The Bertz CT molecular complexity index is 868. The van der Waals surface area contributed by atoms with Gasteiger partial charge in [0, 0.05) is 12.1 Å². The highest BCUT2D eigenvalue weighted by Crippen LogP contribution is 2.39. The molecule has 1 heterocycles. The minimum atomic E-state index is -0.609. The summed E-state index contributed by atoms with van der Waals surface area (Å²) in [7, 11) is 0. The van der Waals surface area contributed by atoms with Crippen LogP contribution in [0, 0.1) is 6.92 Å². The van der Waals surface area contributed by atoms with E-state index in [0.29, 0.717) is 12.1 Å². The molecule has 146 valence electrons. The molecule has 0 aromatic heterocycles. The van der Waals surface area contributed by atoms with Crippen molar-refractivity contribution < 1.29 is 14.7 Å². The molecule has 0 unspecified atom stereocenters. The van der Waals surface area contributed by atoms with Crippen LogP contribution < -0.4 is 0 Å². The molecule has 0 bridgehead atoms. The van der Waals surface area contributed by atoms with Crippen molar-refractivity contribution in [3.8, 4) is 0 Å². The summed E-state index contributed by atoms with van der Waals surface area (Å²) in [6.45, 7) is 4.61. The average molecular weight is 377 g/mol. The number of nitrogens with zero attached hydrogens (tertiary/aromatic N) is 1. The summed E-state index contributed by atoms with van der Waals surface area (Å²) >= 11 is 0. The summed E-state index contributed by atoms with van der Waals surface area (Å²) in [6.07, 6.45) is 4.06. The third-order valence-electron chi connectivity index (χ3n) is 5.23. The van der Waals surface area contributed by atoms with Gasteiger partial charge < -0.3 is 10.0 Å². The molecule has 28 heavy (non-hydrogen) atoms. The summed E-state index contributed by atoms with van der Waals surface area (Å²) in [5.41, 5.74) is 2.63. The van der Waals surface area contributed by atoms with Crippen LogP contribution in [0.5, 0.6) is 0 Å². The molecule has 1 atom stereocenters. The highest BCUT2D eigenvalue weighted by molar-refractivity contribution is 6.46. The Morgan fingerprint density at radius 2 is 1.64 bits per heavy atom. The van der Waals surface area contributed by atoms with E-state index in [-0.39, 0.29) is 11.3 Å². The normalized spacial score (nSPS) is 18.6. The highest BCUT2D eigenvalue weighted by Gasteiger charge is 2.45. The molecule has 0 saturated carbocycles. The number of unbranched alkanes of at least 4 members (excludes halogenated alkanes) is 3. The molecule has 1 aliphatic heterocycles. The summed E-state index contributed by atoms with van der Waals surface area (Å²) in [5, 5.41) is 10.9. The first-order valence-corrected chi connectivity index (χ1v) is 9.95. The second-order valence-electron chi connectivity index (χ2n) is 7.33. The van der Waals surface area contributed by atoms with E-state index in [4.69, 9.17) is 0 Å². The standard InChI is InChI=1S/C24H27NO3/c1-3-4-5-9-16-25-21(18-10-7-6-8-11-18)20(23(27)24(25)28)22(26)19-14-12-17(2)13-15-19/h6-8,10-15,21,26H,3-5,9,16H2,1-2H3/b22-20+/t21-/m1/s1. The second-order valence-corrected chi connectivity index (χ2v) is 7.33. The molecule has 1 fully saturated rings. The molecule has 0 radical (unpaired) electrons. The molecule has 4 nitrogen and oxygen atoms in total. The lowest BCUT2D eigenvalue weighted by Gasteiger charge is -2.25. The van der Waals surface area contributed by atoms with Crippen LogP contribution in [0.3, 0.4) is 0 Å². The van der Waals surface area contributed by atoms with Gasteiger partial charge in [-0.2, -0.15) is 0 Å². The smallest absolute Gasteiger partial charge is 0.295 e. The minimum absolute atomic E-state index is 0.108. The first-order chi connectivity index (χ1) is 13.5. The maximum atomic E-state index is 12.9. The Balaban J connectivity index is 2.03. The number of likely N-dealkylation sites (tertiary alicyclic amines) is 1. The molecule has 0 aliphatic carbocycles. The van der Waals surface area contributed by atoms with Crippen LogP contribution in [0.25, 0.3) is 5.76 Å². The van der Waals surface area contributed by atoms with E-state index < -0.39 is 17.7 Å². The lowest BCUT2D eigenvalue weighted by molar-refractivity contribution is -0.139. The molecule has 2 aromatic carbocycles. The van der Waals surface area contributed by atoms with Crippen molar-refractivity contribution in [2.75, 3.05) is 6.54 Å². The quantitative estimate of drug-likeness (QED) is 0.320. The predicted octanol–water partition coefficient (Wildman–Crippen LogP) is 5.00.